The van der Waals surface area contributed by atoms with Gasteiger partial charge in [-0.3, -0.25) is 0 Å². The normalized spacial score (nSPS) is 18.3. The van der Waals surface area contributed by atoms with Crippen LogP contribution in [0.25, 0.3) is 0 Å². The maximum absolute atomic E-state index is 12.9. The maximum atomic E-state index is 12.9. The van der Waals surface area contributed by atoms with E-state index in [0.717, 1.165) is 12.5 Å². The van der Waals surface area contributed by atoms with E-state index in [9.17, 15) is 13.2 Å². The van der Waals surface area contributed by atoms with Crippen LogP contribution >= 0.6 is 11.6 Å². The van der Waals surface area contributed by atoms with E-state index in [0.29, 0.717) is 12.8 Å². The number of hydrogen-bond acceptors (Lipinski definition) is 1. The number of hydrogen-bond donors (Lipinski definition) is 0. The number of benzene rings is 1. The highest BCUT2D eigenvalue weighted by molar-refractivity contribution is 6.30. The van der Waals surface area contributed by atoms with Crippen LogP contribution in [0.5, 0.6) is 0 Å². The Morgan fingerprint density at radius 2 is 1.94 bits per heavy atom. The lowest BCUT2D eigenvalue weighted by Crippen LogP contribution is -2.34. The van der Waals surface area contributed by atoms with Gasteiger partial charge in [0, 0.05) is 5.02 Å². The van der Waals surface area contributed by atoms with Gasteiger partial charge in [0.05, 0.1) is 17.0 Å². The molecule has 0 amide bonds. The van der Waals surface area contributed by atoms with Crippen molar-refractivity contribution in [2.45, 2.75) is 30.9 Å². The molecule has 1 aliphatic carbocycles. The van der Waals surface area contributed by atoms with Crippen LogP contribution in [0.4, 0.5) is 13.2 Å². The van der Waals surface area contributed by atoms with Crippen LogP contribution in [-0.2, 0) is 11.6 Å². The van der Waals surface area contributed by atoms with Crippen molar-refractivity contribution in [1.29, 1.82) is 5.26 Å². The smallest absolute Gasteiger partial charge is 0.197 e. The minimum Gasteiger partial charge on any atom is -0.197 e. The summed E-state index contributed by atoms with van der Waals surface area (Å²) in [6, 6.07) is 5.65. The summed E-state index contributed by atoms with van der Waals surface area (Å²) in [5.74, 6) is 0. The molecule has 0 heterocycles. The van der Waals surface area contributed by atoms with Crippen molar-refractivity contribution in [3.63, 3.8) is 0 Å². The summed E-state index contributed by atoms with van der Waals surface area (Å²) < 4.78 is 38.7. The average molecular weight is 260 g/mol. The Kier molecular flexibility index (Phi) is 2.82. The molecule has 0 saturated heterocycles. The zero-order valence-corrected chi connectivity index (χ0v) is 9.57. The molecule has 1 nitrogen and oxygen atoms in total. The second kappa shape index (κ2) is 3.92. The molecule has 0 aromatic heterocycles. The molecule has 5 heteroatoms. The molecule has 0 atom stereocenters. The second-order valence-electron chi connectivity index (χ2n) is 4.24. The lowest BCUT2D eigenvalue weighted by Gasteiger charge is -2.37. The van der Waals surface area contributed by atoms with Crippen molar-refractivity contribution in [1.82, 2.24) is 0 Å². The van der Waals surface area contributed by atoms with E-state index < -0.39 is 17.2 Å². The first-order chi connectivity index (χ1) is 7.89. The predicted octanol–water partition coefficient (Wildman–Crippen LogP) is 4.30. The monoisotopic (exact) mass is 259 g/mol. The van der Waals surface area contributed by atoms with Gasteiger partial charge in [-0.1, -0.05) is 17.7 Å². The van der Waals surface area contributed by atoms with Gasteiger partial charge in [0.25, 0.3) is 0 Å². The molecule has 0 N–H and O–H groups in total. The van der Waals surface area contributed by atoms with Gasteiger partial charge < -0.3 is 0 Å². The van der Waals surface area contributed by atoms with Crippen LogP contribution < -0.4 is 0 Å². The fraction of sp³-hybridized carbons (Fsp3) is 0.417. The molecule has 0 unspecified atom stereocenters. The summed E-state index contributed by atoms with van der Waals surface area (Å²) >= 11 is 5.59. The second-order valence-corrected chi connectivity index (χ2v) is 4.67. The van der Waals surface area contributed by atoms with E-state index in [-0.39, 0.29) is 10.6 Å². The van der Waals surface area contributed by atoms with Crippen molar-refractivity contribution in [2.75, 3.05) is 0 Å². The molecule has 2 rings (SSSR count). The van der Waals surface area contributed by atoms with Gasteiger partial charge in [-0.15, -0.1) is 0 Å². The highest BCUT2D eigenvalue weighted by Gasteiger charge is 2.45. The van der Waals surface area contributed by atoms with Crippen LogP contribution in [0.15, 0.2) is 18.2 Å². The molecule has 0 radical (unpaired) electrons. The molecule has 90 valence electrons. The Bertz CT molecular complexity index is 484. The van der Waals surface area contributed by atoms with Crippen molar-refractivity contribution in [3.8, 4) is 6.07 Å². The van der Waals surface area contributed by atoms with E-state index in [4.69, 9.17) is 16.9 Å². The van der Waals surface area contributed by atoms with Crippen LogP contribution in [0.2, 0.25) is 5.02 Å². The SMILES string of the molecule is N#CC1(c2ccc(Cl)cc2C(F)(F)F)CCC1. The van der Waals surface area contributed by atoms with E-state index in [1.54, 1.807) is 0 Å². The Labute approximate surface area is 102 Å². The standard InChI is InChI=1S/C12H9ClF3N/c13-8-2-3-9(10(6-8)12(14,15)16)11(7-17)4-1-5-11/h2-3,6H,1,4-5H2. The topological polar surface area (TPSA) is 23.8 Å². The third kappa shape index (κ3) is 2.00. The van der Waals surface area contributed by atoms with E-state index in [2.05, 4.69) is 0 Å². The number of alkyl halides is 3. The van der Waals surface area contributed by atoms with Gasteiger partial charge in [0.15, 0.2) is 0 Å². The first-order valence-electron chi connectivity index (χ1n) is 5.17. The number of nitrogens with zero attached hydrogens (tertiary/aromatic N) is 1. The van der Waals surface area contributed by atoms with Crippen molar-refractivity contribution in [2.24, 2.45) is 0 Å². The van der Waals surface area contributed by atoms with Crippen LogP contribution in [0, 0.1) is 11.3 Å². The highest BCUT2D eigenvalue weighted by Crippen LogP contribution is 2.48. The first kappa shape index (κ1) is 12.3. The van der Waals surface area contributed by atoms with Crippen molar-refractivity contribution < 1.29 is 13.2 Å². The minimum absolute atomic E-state index is 0.0356. The van der Waals surface area contributed by atoms with Crippen LogP contribution in [-0.4, -0.2) is 0 Å². The summed E-state index contributed by atoms with van der Waals surface area (Å²) in [5.41, 5.74) is -1.70. The molecule has 1 aromatic rings. The largest absolute Gasteiger partial charge is 0.416 e. The molecular weight excluding hydrogens is 251 g/mol. The molecule has 17 heavy (non-hydrogen) atoms. The van der Waals surface area contributed by atoms with Gasteiger partial charge in [-0.25, -0.2) is 0 Å². The van der Waals surface area contributed by atoms with Gasteiger partial charge in [0.1, 0.15) is 0 Å². The quantitative estimate of drug-likeness (QED) is 0.737. The van der Waals surface area contributed by atoms with Gasteiger partial charge in [-0.05, 0) is 37.0 Å². The third-order valence-electron chi connectivity index (χ3n) is 3.22. The highest BCUT2D eigenvalue weighted by atomic mass is 35.5. The summed E-state index contributed by atoms with van der Waals surface area (Å²) in [7, 11) is 0. The van der Waals surface area contributed by atoms with E-state index in [1.807, 2.05) is 6.07 Å². The summed E-state index contributed by atoms with van der Waals surface area (Å²) in [6.07, 6.45) is -2.73. The zero-order chi connectivity index (χ0) is 12.7. The summed E-state index contributed by atoms with van der Waals surface area (Å²) in [6.45, 7) is 0. The minimum atomic E-state index is -4.47. The molecule has 0 spiro atoms. The number of halogens is 4. The van der Waals surface area contributed by atoms with Gasteiger partial charge in [0.2, 0.25) is 0 Å². The van der Waals surface area contributed by atoms with Crippen molar-refractivity contribution in [3.05, 3.63) is 34.3 Å². The molecule has 1 aliphatic rings. The zero-order valence-electron chi connectivity index (χ0n) is 8.81. The first-order valence-corrected chi connectivity index (χ1v) is 5.55. The molecule has 1 fully saturated rings. The third-order valence-corrected chi connectivity index (χ3v) is 3.46. The van der Waals surface area contributed by atoms with Gasteiger partial charge >= 0.3 is 6.18 Å². The predicted molar refractivity (Wildman–Crippen MR) is 57.6 cm³/mol. The fourth-order valence-electron chi connectivity index (χ4n) is 2.14. The number of nitriles is 1. The molecule has 0 bridgehead atoms. The van der Waals surface area contributed by atoms with Crippen LogP contribution in [0.1, 0.15) is 30.4 Å². The molecular formula is C12H9ClF3N. The summed E-state index contributed by atoms with van der Waals surface area (Å²) in [5, 5.41) is 9.13. The van der Waals surface area contributed by atoms with Crippen LogP contribution in [0.3, 0.4) is 0 Å². The molecule has 0 aliphatic heterocycles. The Morgan fingerprint density at radius 1 is 1.29 bits per heavy atom. The lowest BCUT2D eigenvalue weighted by molar-refractivity contribution is -0.138. The molecule has 1 aromatic carbocycles. The average Bonchev–Trinajstić information content (AvgIpc) is 2.17. The Morgan fingerprint density at radius 3 is 2.35 bits per heavy atom. The van der Waals surface area contributed by atoms with E-state index >= 15 is 0 Å². The Balaban J connectivity index is 2.59. The summed E-state index contributed by atoms with van der Waals surface area (Å²) in [4.78, 5) is 0. The number of rotatable bonds is 1. The lowest BCUT2D eigenvalue weighted by atomic mass is 9.64. The van der Waals surface area contributed by atoms with Crippen molar-refractivity contribution >= 4 is 11.6 Å². The fourth-order valence-corrected chi connectivity index (χ4v) is 2.31. The maximum Gasteiger partial charge on any atom is 0.416 e. The molecule has 1 saturated carbocycles. The Hall–Kier alpha value is -1.21. The van der Waals surface area contributed by atoms with Gasteiger partial charge in [-0.2, -0.15) is 18.4 Å². The van der Waals surface area contributed by atoms with E-state index in [1.165, 1.54) is 12.1 Å².